The maximum atomic E-state index is 10.4. The number of aliphatic hydroxyl groups is 4. The lowest BCUT2D eigenvalue weighted by Crippen LogP contribution is -2.57. The molecule has 180 valence electrons. The molecule has 1 spiro atoms. The van der Waals surface area contributed by atoms with Crippen molar-refractivity contribution in [3.63, 3.8) is 0 Å². The zero-order valence-corrected chi connectivity index (χ0v) is 19.4. The van der Waals surface area contributed by atoms with Crippen LogP contribution in [0, 0.1) is 18.8 Å². The van der Waals surface area contributed by atoms with Crippen LogP contribution >= 0.6 is 0 Å². The monoisotopic (exact) mass is 463 g/mol. The van der Waals surface area contributed by atoms with Crippen molar-refractivity contribution in [1.82, 2.24) is 0 Å². The quantitative estimate of drug-likeness (QED) is 0.434. The van der Waals surface area contributed by atoms with Gasteiger partial charge in [-0.2, -0.15) is 0 Å². The van der Waals surface area contributed by atoms with E-state index in [2.05, 4.69) is 49.1 Å². The first-order valence-electron chi connectivity index (χ1n) is 12.2. The predicted octanol–water partition coefficient (Wildman–Crippen LogP) is 1.75. The molecule has 6 N–H and O–H groups in total. The summed E-state index contributed by atoms with van der Waals surface area (Å²) in [6.07, 6.45) is -1.57. The molecule has 0 aromatic heterocycles. The average molecular weight is 464 g/mol. The van der Waals surface area contributed by atoms with Crippen molar-refractivity contribution in [3.8, 4) is 23.0 Å². The van der Waals surface area contributed by atoms with Crippen LogP contribution in [-0.4, -0.2) is 63.6 Å². The molecule has 1 heterocycles. The van der Waals surface area contributed by atoms with Crippen LogP contribution in [0.4, 0.5) is 0 Å². The zero-order chi connectivity index (χ0) is 24.0. The summed E-state index contributed by atoms with van der Waals surface area (Å²) in [4.78, 5) is 0. The first kappa shape index (κ1) is 23.5. The standard InChI is InChI=1S/C28H33NO5/c1-16-2-5-19-20-6-3-17(4-7-23-25(31)27(33)26(32)24(34-23)10-13-30)15-22(20)28(21(19)14-16)11-8-18(29)9-12-28/h2-3,5-6,14-15,18,23-27,30-33H,8-13,29H2,1H3/t18?,23-,24-,25-,26-,27-,28?/m1/s1. The number of nitrogens with two attached hydrogens (primary N) is 1. The van der Waals surface area contributed by atoms with Crippen molar-refractivity contribution >= 4 is 0 Å². The van der Waals surface area contributed by atoms with E-state index in [0.717, 1.165) is 31.2 Å². The van der Waals surface area contributed by atoms with Gasteiger partial charge in [0.25, 0.3) is 0 Å². The first-order valence-corrected chi connectivity index (χ1v) is 12.2. The normalized spacial score (nSPS) is 34.3. The Bertz CT molecular complexity index is 1130. The molecule has 3 aliphatic rings. The van der Waals surface area contributed by atoms with Crippen LogP contribution in [0.2, 0.25) is 0 Å². The second-order valence-electron chi connectivity index (χ2n) is 10.1. The highest BCUT2D eigenvalue weighted by Crippen LogP contribution is 2.55. The minimum Gasteiger partial charge on any atom is -0.396 e. The fourth-order valence-corrected chi connectivity index (χ4v) is 5.95. The largest absolute Gasteiger partial charge is 0.396 e. The van der Waals surface area contributed by atoms with Gasteiger partial charge in [-0.15, -0.1) is 0 Å². The highest BCUT2D eigenvalue weighted by molar-refractivity contribution is 5.82. The molecule has 6 nitrogen and oxygen atoms in total. The lowest BCUT2D eigenvalue weighted by molar-refractivity contribution is -0.209. The minimum atomic E-state index is -1.38. The smallest absolute Gasteiger partial charge is 0.147 e. The number of aryl methyl sites for hydroxylation is 1. The lowest BCUT2D eigenvalue weighted by atomic mass is 9.66. The number of benzene rings is 2. The zero-order valence-electron chi connectivity index (χ0n) is 19.4. The van der Waals surface area contributed by atoms with E-state index < -0.39 is 30.5 Å². The van der Waals surface area contributed by atoms with Crippen molar-refractivity contribution < 1.29 is 25.2 Å². The Labute approximate surface area is 200 Å². The maximum Gasteiger partial charge on any atom is 0.147 e. The highest BCUT2D eigenvalue weighted by atomic mass is 16.5. The minimum absolute atomic E-state index is 0.0579. The van der Waals surface area contributed by atoms with Crippen LogP contribution < -0.4 is 5.73 Å². The van der Waals surface area contributed by atoms with E-state index in [9.17, 15) is 20.4 Å². The van der Waals surface area contributed by atoms with E-state index >= 15 is 0 Å². The number of hydrogen-bond donors (Lipinski definition) is 5. The van der Waals surface area contributed by atoms with Crippen molar-refractivity contribution in [3.05, 3.63) is 58.7 Å². The summed E-state index contributed by atoms with van der Waals surface area (Å²) in [7, 11) is 0. The molecule has 2 fully saturated rings. The van der Waals surface area contributed by atoms with Crippen LogP contribution in [0.25, 0.3) is 11.1 Å². The molecule has 1 aliphatic heterocycles. The lowest BCUT2D eigenvalue weighted by Gasteiger charge is -2.38. The molecule has 0 unspecified atom stereocenters. The summed E-state index contributed by atoms with van der Waals surface area (Å²) in [6, 6.07) is 13.2. The number of ether oxygens (including phenoxy) is 1. The van der Waals surface area contributed by atoms with Crippen molar-refractivity contribution in [2.45, 2.75) is 81.0 Å². The van der Waals surface area contributed by atoms with Gasteiger partial charge in [0.2, 0.25) is 0 Å². The van der Waals surface area contributed by atoms with Gasteiger partial charge < -0.3 is 30.9 Å². The molecule has 5 rings (SSSR count). The van der Waals surface area contributed by atoms with Gasteiger partial charge in [-0.1, -0.05) is 41.7 Å². The highest BCUT2D eigenvalue weighted by Gasteiger charge is 2.45. The van der Waals surface area contributed by atoms with Gasteiger partial charge in [-0.25, -0.2) is 0 Å². The van der Waals surface area contributed by atoms with E-state index in [1.54, 1.807) is 0 Å². The van der Waals surface area contributed by atoms with Gasteiger partial charge in [-0.3, -0.25) is 0 Å². The van der Waals surface area contributed by atoms with Gasteiger partial charge >= 0.3 is 0 Å². The molecule has 34 heavy (non-hydrogen) atoms. The molecule has 6 heteroatoms. The molecule has 2 aliphatic carbocycles. The molecule has 1 saturated carbocycles. The number of hydrogen-bond acceptors (Lipinski definition) is 6. The molecule has 0 radical (unpaired) electrons. The summed E-state index contributed by atoms with van der Waals surface area (Å²) in [5.41, 5.74) is 13.5. The number of rotatable bonds is 2. The average Bonchev–Trinajstić information content (AvgIpc) is 3.09. The Balaban J connectivity index is 1.49. The van der Waals surface area contributed by atoms with E-state index in [1.807, 2.05) is 6.07 Å². The van der Waals surface area contributed by atoms with E-state index in [-0.39, 0.29) is 24.5 Å². The maximum absolute atomic E-state index is 10.4. The molecule has 0 bridgehead atoms. The second-order valence-corrected chi connectivity index (χ2v) is 10.1. The predicted molar refractivity (Wildman–Crippen MR) is 129 cm³/mol. The van der Waals surface area contributed by atoms with Crippen LogP contribution in [-0.2, 0) is 10.2 Å². The fraction of sp³-hybridized carbons (Fsp3) is 0.500. The third-order valence-corrected chi connectivity index (χ3v) is 7.88. The summed E-state index contributed by atoms with van der Waals surface area (Å²) in [5.74, 6) is 6.08. The summed E-state index contributed by atoms with van der Waals surface area (Å²) in [6.45, 7) is 1.94. The second kappa shape index (κ2) is 9.09. The van der Waals surface area contributed by atoms with Crippen molar-refractivity contribution in [2.75, 3.05) is 6.61 Å². The van der Waals surface area contributed by atoms with E-state index in [4.69, 9.17) is 10.5 Å². The molecule has 2 aromatic carbocycles. The van der Waals surface area contributed by atoms with Crippen LogP contribution in [0.5, 0.6) is 0 Å². The molecular formula is C28H33NO5. The van der Waals surface area contributed by atoms with Gasteiger partial charge in [0.1, 0.15) is 24.4 Å². The Hall–Kier alpha value is -2.24. The molecule has 2 aromatic rings. The van der Waals surface area contributed by atoms with Gasteiger partial charge in [-0.05, 0) is 73.4 Å². The third-order valence-electron chi connectivity index (χ3n) is 7.88. The van der Waals surface area contributed by atoms with Gasteiger partial charge in [0.05, 0.1) is 6.10 Å². The van der Waals surface area contributed by atoms with Gasteiger partial charge in [0, 0.05) is 23.6 Å². The Morgan fingerprint density at radius 1 is 0.971 bits per heavy atom. The van der Waals surface area contributed by atoms with Crippen LogP contribution in [0.15, 0.2) is 36.4 Å². The third kappa shape index (κ3) is 3.87. The molecule has 1 saturated heterocycles. The summed E-state index contributed by atoms with van der Waals surface area (Å²) >= 11 is 0. The Morgan fingerprint density at radius 2 is 1.65 bits per heavy atom. The molecular weight excluding hydrogens is 430 g/mol. The number of aliphatic hydroxyl groups excluding tert-OH is 4. The van der Waals surface area contributed by atoms with Crippen molar-refractivity contribution in [2.24, 2.45) is 5.73 Å². The summed E-state index contributed by atoms with van der Waals surface area (Å²) < 4.78 is 5.71. The Morgan fingerprint density at radius 3 is 2.35 bits per heavy atom. The molecule has 5 atom stereocenters. The van der Waals surface area contributed by atoms with Crippen LogP contribution in [0.1, 0.15) is 54.4 Å². The Kier molecular flexibility index (Phi) is 6.28. The summed E-state index contributed by atoms with van der Waals surface area (Å²) in [5, 5.41) is 39.9. The first-order chi connectivity index (χ1) is 16.3. The van der Waals surface area contributed by atoms with Gasteiger partial charge in [0.15, 0.2) is 0 Å². The fourth-order valence-electron chi connectivity index (χ4n) is 5.95. The SMILES string of the molecule is Cc1ccc2c(c1)C1(CCC(N)CC1)c1cc(C#C[C@H]3O[C@H](CCO)[C@@H](O)[C@H](O)[C@@H]3O)ccc1-2. The topological polar surface area (TPSA) is 116 Å². The molecule has 0 amide bonds. The number of fused-ring (bicyclic) bond motifs is 5. The van der Waals surface area contributed by atoms with E-state index in [0.29, 0.717) is 0 Å². The van der Waals surface area contributed by atoms with Crippen LogP contribution in [0.3, 0.4) is 0 Å². The van der Waals surface area contributed by atoms with E-state index in [1.165, 1.54) is 27.8 Å². The van der Waals surface area contributed by atoms with Crippen molar-refractivity contribution in [1.29, 1.82) is 0 Å².